The zero-order valence-corrected chi connectivity index (χ0v) is 16.7. The summed E-state index contributed by atoms with van der Waals surface area (Å²) in [5.74, 6) is 0.254. The Morgan fingerprint density at radius 2 is 1.83 bits per heavy atom. The number of thioether (sulfide) groups is 1. The fraction of sp³-hybridized carbons (Fsp3) is 0.111. The molecular weight excluding hydrogens is 477 g/mol. The summed E-state index contributed by atoms with van der Waals surface area (Å²) >= 11 is 4.35. The van der Waals surface area contributed by atoms with E-state index in [-0.39, 0.29) is 22.6 Å². The number of ether oxygens (including phenoxy) is 3. The average Bonchev–Trinajstić information content (AvgIpc) is 3.19. The number of hydrogen-bond acceptors (Lipinski definition) is 6. The number of amidine groups is 1. The molecule has 2 aromatic rings. The number of anilines is 1. The fourth-order valence-electron chi connectivity index (χ4n) is 2.70. The molecule has 2 aromatic carbocycles. The van der Waals surface area contributed by atoms with Crippen molar-refractivity contribution in [2.75, 3.05) is 11.7 Å². The molecule has 0 saturated carbocycles. The van der Waals surface area contributed by atoms with Gasteiger partial charge in [-0.25, -0.2) is 0 Å². The Balaban J connectivity index is 1.59. The lowest BCUT2D eigenvalue weighted by molar-refractivity contribution is -0.274. The standard InChI is InChI=1S/C18H10BrF3N2O4S/c19-12-7-14-13(26-8-27-14)5-9(12)6-15-16(25)24(17(23)29-15)10-1-3-11(4-2-10)28-18(20,21)22/h1-7,23H,8H2. The van der Waals surface area contributed by atoms with Gasteiger partial charge in [0.25, 0.3) is 5.91 Å². The van der Waals surface area contributed by atoms with E-state index in [1.807, 2.05) is 0 Å². The van der Waals surface area contributed by atoms with Crippen molar-refractivity contribution in [1.29, 1.82) is 5.41 Å². The Labute approximate surface area is 174 Å². The lowest BCUT2D eigenvalue weighted by Gasteiger charge is -2.15. The molecule has 1 N–H and O–H groups in total. The predicted octanol–water partition coefficient (Wildman–Crippen LogP) is 5.13. The van der Waals surface area contributed by atoms with E-state index in [0.29, 0.717) is 21.5 Å². The first kappa shape index (κ1) is 19.6. The molecule has 29 heavy (non-hydrogen) atoms. The van der Waals surface area contributed by atoms with Crippen molar-refractivity contribution in [3.8, 4) is 17.2 Å². The van der Waals surface area contributed by atoms with Crippen LogP contribution in [-0.4, -0.2) is 24.2 Å². The minimum absolute atomic E-state index is 0.0670. The van der Waals surface area contributed by atoms with Crippen LogP contribution >= 0.6 is 27.7 Å². The third-order valence-electron chi connectivity index (χ3n) is 3.93. The molecule has 0 aliphatic carbocycles. The lowest BCUT2D eigenvalue weighted by Crippen LogP contribution is -2.28. The van der Waals surface area contributed by atoms with E-state index >= 15 is 0 Å². The van der Waals surface area contributed by atoms with E-state index in [0.717, 1.165) is 28.8 Å². The van der Waals surface area contributed by atoms with Gasteiger partial charge < -0.3 is 14.2 Å². The number of hydrogen-bond donors (Lipinski definition) is 1. The van der Waals surface area contributed by atoms with Crippen molar-refractivity contribution in [3.05, 3.63) is 51.3 Å². The molecule has 0 atom stereocenters. The van der Waals surface area contributed by atoms with Crippen LogP contribution in [-0.2, 0) is 4.79 Å². The maximum atomic E-state index is 12.8. The molecule has 4 rings (SSSR count). The number of amides is 1. The maximum absolute atomic E-state index is 12.8. The van der Waals surface area contributed by atoms with E-state index in [4.69, 9.17) is 14.9 Å². The highest BCUT2D eigenvalue weighted by atomic mass is 79.9. The molecule has 0 unspecified atom stereocenters. The predicted molar refractivity (Wildman–Crippen MR) is 104 cm³/mol. The fourth-order valence-corrected chi connectivity index (χ4v) is 3.99. The van der Waals surface area contributed by atoms with Crippen molar-refractivity contribution in [2.45, 2.75) is 6.36 Å². The number of nitrogens with one attached hydrogen (secondary N) is 1. The summed E-state index contributed by atoms with van der Waals surface area (Å²) < 4.78 is 52.0. The van der Waals surface area contributed by atoms with Gasteiger partial charge in [0.1, 0.15) is 5.75 Å². The monoisotopic (exact) mass is 486 g/mol. The van der Waals surface area contributed by atoms with Gasteiger partial charge in [0.2, 0.25) is 6.79 Å². The molecule has 1 amide bonds. The molecule has 2 heterocycles. The molecule has 1 fully saturated rings. The highest BCUT2D eigenvalue weighted by molar-refractivity contribution is 9.10. The van der Waals surface area contributed by atoms with Crippen LogP contribution in [0.3, 0.4) is 0 Å². The molecule has 150 valence electrons. The Hall–Kier alpha value is -2.66. The van der Waals surface area contributed by atoms with Crippen LogP contribution in [0.15, 0.2) is 45.8 Å². The summed E-state index contributed by atoms with van der Waals surface area (Å²) in [4.78, 5) is 14.2. The van der Waals surface area contributed by atoms with Crippen LogP contribution in [0.25, 0.3) is 6.08 Å². The zero-order valence-electron chi connectivity index (χ0n) is 14.2. The van der Waals surface area contributed by atoms with Gasteiger partial charge in [0.15, 0.2) is 16.7 Å². The molecule has 0 aromatic heterocycles. The number of carbonyl (C=O) groups excluding carboxylic acids is 1. The van der Waals surface area contributed by atoms with Crippen LogP contribution in [0.2, 0.25) is 0 Å². The number of alkyl halides is 3. The minimum atomic E-state index is -4.80. The van der Waals surface area contributed by atoms with Gasteiger partial charge in [-0.15, -0.1) is 13.2 Å². The number of benzene rings is 2. The molecule has 2 aliphatic heterocycles. The van der Waals surface area contributed by atoms with Crippen LogP contribution in [0.1, 0.15) is 5.56 Å². The number of fused-ring (bicyclic) bond motifs is 1. The molecule has 1 saturated heterocycles. The molecule has 0 spiro atoms. The van der Waals surface area contributed by atoms with Crippen molar-refractivity contribution in [1.82, 2.24) is 0 Å². The van der Waals surface area contributed by atoms with Crippen molar-refractivity contribution < 1.29 is 32.2 Å². The Bertz CT molecular complexity index is 1040. The Morgan fingerprint density at radius 1 is 1.17 bits per heavy atom. The quantitative estimate of drug-likeness (QED) is 0.608. The smallest absolute Gasteiger partial charge is 0.454 e. The van der Waals surface area contributed by atoms with Crippen molar-refractivity contribution >= 4 is 50.5 Å². The van der Waals surface area contributed by atoms with E-state index < -0.39 is 18.0 Å². The van der Waals surface area contributed by atoms with Gasteiger partial charge in [0, 0.05) is 4.47 Å². The largest absolute Gasteiger partial charge is 0.573 e. The second-order valence-corrected chi connectivity index (χ2v) is 7.71. The SMILES string of the molecule is N=C1SC(=Cc2cc3c(cc2Br)OCO3)C(=O)N1c1ccc(OC(F)(F)F)cc1. The van der Waals surface area contributed by atoms with Gasteiger partial charge in [-0.3, -0.25) is 15.1 Å². The molecule has 6 nitrogen and oxygen atoms in total. The number of halogens is 4. The second kappa shape index (κ2) is 7.30. The molecular formula is C18H10BrF3N2O4S. The van der Waals surface area contributed by atoms with E-state index in [1.54, 1.807) is 18.2 Å². The van der Waals surface area contributed by atoms with Gasteiger partial charge in [-0.2, -0.15) is 0 Å². The Morgan fingerprint density at radius 3 is 2.48 bits per heavy atom. The zero-order chi connectivity index (χ0) is 20.8. The first-order chi connectivity index (χ1) is 13.7. The third kappa shape index (κ3) is 4.06. The summed E-state index contributed by atoms with van der Waals surface area (Å²) in [5.41, 5.74) is 0.920. The van der Waals surface area contributed by atoms with Crippen LogP contribution in [0.5, 0.6) is 17.2 Å². The summed E-state index contributed by atoms with van der Waals surface area (Å²) in [6, 6.07) is 8.18. The lowest BCUT2D eigenvalue weighted by atomic mass is 10.2. The highest BCUT2D eigenvalue weighted by Gasteiger charge is 2.35. The summed E-state index contributed by atoms with van der Waals surface area (Å²) in [7, 11) is 0. The van der Waals surface area contributed by atoms with E-state index in [1.165, 1.54) is 12.1 Å². The first-order valence-electron chi connectivity index (χ1n) is 7.99. The third-order valence-corrected chi connectivity index (χ3v) is 5.51. The first-order valence-corrected chi connectivity index (χ1v) is 9.60. The number of rotatable bonds is 3. The second-order valence-electron chi connectivity index (χ2n) is 5.83. The van der Waals surface area contributed by atoms with Gasteiger partial charge >= 0.3 is 6.36 Å². The highest BCUT2D eigenvalue weighted by Crippen LogP contribution is 2.40. The minimum Gasteiger partial charge on any atom is -0.454 e. The van der Waals surface area contributed by atoms with E-state index in [9.17, 15) is 18.0 Å². The molecule has 2 aliphatic rings. The van der Waals surface area contributed by atoms with Gasteiger partial charge in [0.05, 0.1) is 10.6 Å². The number of nitrogens with zero attached hydrogens (tertiary/aromatic N) is 1. The van der Waals surface area contributed by atoms with Crippen LogP contribution in [0.4, 0.5) is 18.9 Å². The summed E-state index contributed by atoms with van der Waals surface area (Å²) in [5, 5.41) is 8.04. The topological polar surface area (TPSA) is 71.9 Å². The van der Waals surface area contributed by atoms with Crippen LogP contribution in [0, 0.1) is 5.41 Å². The van der Waals surface area contributed by atoms with E-state index in [2.05, 4.69) is 20.7 Å². The van der Waals surface area contributed by atoms with Crippen molar-refractivity contribution in [3.63, 3.8) is 0 Å². The average molecular weight is 487 g/mol. The molecule has 0 bridgehead atoms. The number of carbonyl (C=O) groups is 1. The summed E-state index contributed by atoms with van der Waals surface area (Å²) in [6.45, 7) is 0.113. The maximum Gasteiger partial charge on any atom is 0.573 e. The van der Waals surface area contributed by atoms with Gasteiger partial charge in [-0.1, -0.05) is 15.9 Å². The van der Waals surface area contributed by atoms with Gasteiger partial charge in [-0.05, 0) is 59.8 Å². The normalized spacial score (nSPS) is 17.4. The molecule has 0 radical (unpaired) electrons. The molecule has 11 heteroatoms. The van der Waals surface area contributed by atoms with Crippen LogP contribution < -0.4 is 19.1 Å². The Kier molecular flexibility index (Phi) is 4.95. The van der Waals surface area contributed by atoms with Crippen molar-refractivity contribution in [2.24, 2.45) is 0 Å². The summed E-state index contributed by atoms with van der Waals surface area (Å²) in [6.07, 6.45) is -3.20.